The van der Waals surface area contributed by atoms with E-state index in [1.54, 1.807) is 0 Å². The highest BCUT2D eigenvalue weighted by Gasteiger charge is 2.09. The largest absolute Gasteiger partial charge is 0.290 e. The second-order valence-electron chi connectivity index (χ2n) is 3.97. The lowest BCUT2D eigenvalue weighted by Gasteiger charge is -2.06. The smallest absolute Gasteiger partial charge is 0.273 e. The number of benzene rings is 1. The number of rotatable bonds is 3. The van der Waals surface area contributed by atoms with E-state index in [-0.39, 0.29) is 18.0 Å². The highest BCUT2D eigenvalue weighted by Crippen LogP contribution is 1.98. The van der Waals surface area contributed by atoms with Crippen molar-refractivity contribution in [2.45, 2.75) is 6.42 Å². The Labute approximate surface area is 114 Å². The summed E-state index contributed by atoms with van der Waals surface area (Å²) >= 11 is 0. The fraction of sp³-hybridized carbons (Fsp3) is 0.0769. The quantitative estimate of drug-likeness (QED) is 0.671. The van der Waals surface area contributed by atoms with Gasteiger partial charge in [-0.2, -0.15) is 5.10 Å². The molecule has 3 N–H and O–H groups in total. The average molecular weight is 272 g/mol. The molecule has 0 saturated carbocycles. The number of hydrogen-bond donors (Lipinski definition) is 3. The predicted molar refractivity (Wildman–Crippen MR) is 70.6 cm³/mol. The van der Waals surface area contributed by atoms with E-state index in [9.17, 15) is 14.4 Å². The molecule has 0 saturated heterocycles. The summed E-state index contributed by atoms with van der Waals surface area (Å²) in [6, 6.07) is 11.6. The van der Waals surface area contributed by atoms with Gasteiger partial charge in [-0.05, 0) is 11.6 Å². The lowest BCUT2D eigenvalue weighted by atomic mass is 10.1. The van der Waals surface area contributed by atoms with Gasteiger partial charge in [0.1, 0.15) is 0 Å². The number of carbonyl (C=O) groups is 2. The van der Waals surface area contributed by atoms with Crippen LogP contribution in [0.25, 0.3) is 0 Å². The number of carbonyl (C=O) groups excluding carboxylic acids is 2. The van der Waals surface area contributed by atoms with Crippen molar-refractivity contribution in [2.75, 3.05) is 0 Å². The second kappa shape index (κ2) is 6.28. The summed E-state index contributed by atoms with van der Waals surface area (Å²) in [6.07, 6.45) is 0.153. The molecule has 2 aromatic rings. The van der Waals surface area contributed by atoms with Crippen LogP contribution >= 0.6 is 0 Å². The molecule has 0 spiro atoms. The maximum atomic E-state index is 11.6. The third-order valence-electron chi connectivity index (χ3n) is 2.43. The molecule has 0 bridgehead atoms. The molecule has 0 unspecified atom stereocenters. The zero-order chi connectivity index (χ0) is 14.4. The first-order chi connectivity index (χ1) is 9.65. The second-order valence-corrected chi connectivity index (χ2v) is 3.97. The molecule has 1 heterocycles. The van der Waals surface area contributed by atoms with Gasteiger partial charge in [-0.15, -0.1) is 0 Å². The SMILES string of the molecule is O=C(Cc1ccccc1)NNC(=O)c1ccc(=O)[nH]n1. The number of hydrazine groups is 1. The molecule has 2 rings (SSSR count). The van der Waals surface area contributed by atoms with Crippen LogP contribution in [0.5, 0.6) is 0 Å². The summed E-state index contributed by atoms with van der Waals surface area (Å²) in [5.74, 6) is -0.961. The zero-order valence-corrected chi connectivity index (χ0v) is 10.4. The van der Waals surface area contributed by atoms with Gasteiger partial charge in [0.15, 0.2) is 5.69 Å². The number of hydrogen-bond acceptors (Lipinski definition) is 4. The van der Waals surface area contributed by atoms with Crippen LogP contribution in [0, 0.1) is 0 Å². The number of aromatic nitrogens is 2. The fourth-order valence-electron chi connectivity index (χ4n) is 1.49. The molecular formula is C13H12N4O3. The Hall–Kier alpha value is -2.96. The van der Waals surface area contributed by atoms with Crippen LogP contribution < -0.4 is 16.4 Å². The van der Waals surface area contributed by atoms with E-state index >= 15 is 0 Å². The van der Waals surface area contributed by atoms with Gasteiger partial charge in [0, 0.05) is 6.07 Å². The Morgan fingerprint density at radius 2 is 1.80 bits per heavy atom. The molecule has 1 aromatic carbocycles. The minimum absolute atomic E-state index is 0.00427. The number of amides is 2. The van der Waals surface area contributed by atoms with Crippen molar-refractivity contribution in [2.24, 2.45) is 0 Å². The minimum Gasteiger partial charge on any atom is -0.273 e. The van der Waals surface area contributed by atoms with Gasteiger partial charge in [-0.3, -0.25) is 25.2 Å². The summed E-state index contributed by atoms with van der Waals surface area (Å²) < 4.78 is 0. The normalized spacial score (nSPS) is 9.80. The monoisotopic (exact) mass is 272 g/mol. The van der Waals surface area contributed by atoms with E-state index in [0.717, 1.165) is 5.56 Å². The van der Waals surface area contributed by atoms with Gasteiger partial charge in [0.2, 0.25) is 5.91 Å². The van der Waals surface area contributed by atoms with Crippen molar-refractivity contribution in [1.82, 2.24) is 21.0 Å². The molecule has 0 radical (unpaired) electrons. The summed E-state index contributed by atoms with van der Waals surface area (Å²) in [5.41, 5.74) is 4.92. The zero-order valence-electron chi connectivity index (χ0n) is 10.4. The van der Waals surface area contributed by atoms with Crippen LogP contribution in [0.3, 0.4) is 0 Å². The summed E-state index contributed by atoms with van der Waals surface area (Å²) in [6.45, 7) is 0. The number of aromatic amines is 1. The summed E-state index contributed by atoms with van der Waals surface area (Å²) in [7, 11) is 0. The Kier molecular flexibility index (Phi) is 4.23. The van der Waals surface area contributed by atoms with E-state index in [2.05, 4.69) is 21.0 Å². The van der Waals surface area contributed by atoms with Crippen molar-refractivity contribution in [3.63, 3.8) is 0 Å². The van der Waals surface area contributed by atoms with Gasteiger partial charge < -0.3 is 0 Å². The van der Waals surface area contributed by atoms with E-state index < -0.39 is 11.5 Å². The van der Waals surface area contributed by atoms with Crippen molar-refractivity contribution in [3.05, 3.63) is 64.1 Å². The Balaban J connectivity index is 1.85. The van der Waals surface area contributed by atoms with Crippen molar-refractivity contribution < 1.29 is 9.59 Å². The third-order valence-corrected chi connectivity index (χ3v) is 2.43. The first kappa shape index (κ1) is 13.5. The van der Waals surface area contributed by atoms with Crippen LogP contribution in [0.2, 0.25) is 0 Å². The molecule has 2 amide bonds. The van der Waals surface area contributed by atoms with Crippen LogP contribution in [0.1, 0.15) is 16.1 Å². The first-order valence-corrected chi connectivity index (χ1v) is 5.84. The molecule has 0 aliphatic rings. The van der Waals surface area contributed by atoms with Gasteiger partial charge in [-0.25, -0.2) is 5.10 Å². The fourth-order valence-corrected chi connectivity index (χ4v) is 1.49. The van der Waals surface area contributed by atoms with Crippen LogP contribution in [0.4, 0.5) is 0 Å². The molecule has 20 heavy (non-hydrogen) atoms. The lowest BCUT2D eigenvalue weighted by Crippen LogP contribution is -2.42. The van der Waals surface area contributed by atoms with Gasteiger partial charge in [-0.1, -0.05) is 30.3 Å². The summed E-state index contributed by atoms with van der Waals surface area (Å²) in [5, 5.41) is 5.67. The van der Waals surface area contributed by atoms with Gasteiger partial charge >= 0.3 is 0 Å². The van der Waals surface area contributed by atoms with Crippen molar-refractivity contribution in [3.8, 4) is 0 Å². The average Bonchev–Trinajstić information content (AvgIpc) is 2.46. The number of H-pyrrole nitrogens is 1. The maximum absolute atomic E-state index is 11.6. The molecule has 0 fully saturated rings. The van der Waals surface area contributed by atoms with E-state index in [1.165, 1.54) is 12.1 Å². The van der Waals surface area contributed by atoms with Gasteiger partial charge in [0.05, 0.1) is 6.42 Å². The van der Waals surface area contributed by atoms with E-state index in [1.807, 2.05) is 30.3 Å². The number of nitrogens with zero attached hydrogens (tertiary/aromatic N) is 1. The van der Waals surface area contributed by atoms with Crippen molar-refractivity contribution in [1.29, 1.82) is 0 Å². The number of nitrogens with one attached hydrogen (secondary N) is 3. The Morgan fingerprint density at radius 3 is 2.45 bits per heavy atom. The van der Waals surface area contributed by atoms with E-state index in [0.29, 0.717) is 0 Å². The van der Waals surface area contributed by atoms with Crippen LogP contribution in [-0.2, 0) is 11.2 Å². The molecule has 7 nitrogen and oxygen atoms in total. The highest BCUT2D eigenvalue weighted by molar-refractivity contribution is 5.93. The lowest BCUT2D eigenvalue weighted by molar-refractivity contribution is -0.121. The van der Waals surface area contributed by atoms with Gasteiger partial charge in [0.25, 0.3) is 11.5 Å². The molecule has 7 heteroatoms. The summed E-state index contributed by atoms with van der Waals surface area (Å²) in [4.78, 5) is 34.0. The molecule has 1 aromatic heterocycles. The van der Waals surface area contributed by atoms with Crippen molar-refractivity contribution >= 4 is 11.8 Å². The molecule has 102 valence electrons. The predicted octanol–water partition coefficient (Wildman–Crippen LogP) is -0.226. The minimum atomic E-state index is -0.609. The molecule has 0 aliphatic carbocycles. The Bertz CT molecular complexity index is 646. The molecule has 0 atom stereocenters. The van der Waals surface area contributed by atoms with Crippen LogP contribution in [-0.4, -0.2) is 22.0 Å². The molecular weight excluding hydrogens is 260 g/mol. The third kappa shape index (κ3) is 3.77. The standard InChI is InChI=1S/C13H12N4O3/c18-11-7-6-10(14-15-11)13(20)17-16-12(19)8-9-4-2-1-3-5-9/h1-7H,8H2,(H,15,18)(H,16,19)(H,17,20). The van der Waals surface area contributed by atoms with E-state index in [4.69, 9.17) is 0 Å². The first-order valence-electron chi connectivity index (χ1n) is 5.84. The highest BCUT2D eigenvalue weighted by atomic mass is 16.2. The maximum Gasteiger partial charge on any atom is 0.290 e. The molecule has 0 aliphatic heterocycles. The Morgan fingerprint density at radius 1 is 1.05 bits per heavy atom. The topological polar surface area (TPSA) is 104 Å². The van der Waals surface area contributed by atoms with Crippen LogP contribution in [0.15, 0.2) is 47.3 Å².